The molecule has 9 heteroatoms. The average Bonchev–Trinajstić information content (AvgIpc) is 2.59. The first-order valence-corrected chi connectivity index (χ1v) is 9.08. The molecular weight excluding hydrogens is 382 g/mol. The minimum absolute atomic E-state index is 0.0265. The number of benzene rings is 1. The molecule has 2 heterocycles. The molecular formula is C19H22ClN5O3. The summed E-state index contributed by atoms with van der Waals surface area (Å²) in [6, 6.07) is 7.18. The van der Waals surface area contributed by atoms with Crippen molar-refractivity contribution in [3.63, 3.8) is 0 Å². The highest BCUT2D eigenvalue weighted by molar-refractivity contribution is 6.30. The maximum absolute atomic E-state index is 13.0. The summed E-state index contributed by atoms with van der Waals surface area (Å²) in [5, 5.41) is 3.63. The minimum Gasteiger partial charge on any atom is -0.460 e. The molecule has 2 aromatic rings. The van der Waals surface area contributed by atoms with E-state index in [4.69, 9.17) is 32.5 Å². The summed E-state index contributed by atoms with van der Waals surface area (Å²) in [6.45, 7) is 3.71. The van der Waals surface area contributed by atoms with E-state index in [1.165, 1.54) is 7.11 Å². The van der Waals surface area contributed by atoms with Gasteiger partial charge in [-0.2, -0.15) is 9.97 Å². The normalized spacial score (nSPS) is 16.0. The van der Waals surface area contributed by atoms with Crippen LogP contribution in [0, 0.1) is 0 Å². The van der Waals surface area contributed by atoms with Crippen LogP contribution in [-0.2, 0) is 14.3 Å². The van der Waals surface area contributed by atoms with Gasteiger partial charge in [0.25, 0.3) is 0 Å². The molecule has 0 saturated heterocycles. The zero-order valence-corrected chi connectivity index (χ0v) is 16.6. The van der Waals surface area contributed by atoms with Crippen molar-refractivity contribution >= 4 is 35.2 Å². The van der Waals surface area contributed by atoms with Crippen LogP contribution in [0.4, 0.5) is 17.6 Å². The summed E-state index contributed by atoms with van der Waals surface area (Å²) in [5.41, 5.74) is 14.1. The van der Waals surface area contributed by atoms with Crippen LogP contribution >= 0.6 is 11.6 Å². The summed E-state index contributed by atoms with van der Waals surface area (Å²) in [6.07, 6.45) is -0.301. The van der Waals surface area contributed by atoms with Gasteiger partial charge in [0.15, 0.2) is 0 Å². The van der Waals surface area contributed by atoms with Gasteiger partial charge in [0, 0.05) is 17.7 Å². The van der Waals surface area contributed by atoms with Crippen molar-refractivity contribution in [3.05, 3.63) is 51.7 Å². The molecule has 1 unspecified atom stereocenters. The van der Waals surface area contributed by atoms with Crippen LogP contribution in [0.15, 0.2) is 35.5 Å². The van der Waals surface area contributed by atoms with Gasteiger partial charge in [-0.3, -0.25) is 0 Å². The van der Waals surface area contributed by atoms with E-state index in [9.17, 15) is 4.79 Å². The Labute approximate surface area is 167 Å². The number of carbonyl (C=O) groups excluding carboxylic acids is 1. The molecule has 8 nitrogen and oxygen atoms in total. The number of nitrogens with zero attached hydrogens (tertiary/aromatic N) is 2. The van der Waals surface area contributed by atoms with Crippen molar-refractivity contribution in [2.24, 2.45) is 0 Å². The molecule has 0 radical (unpaired) electrons. The number of nitrogen functional groups attached to an aromatic ring is 2. The number of halogens is 1. The van der Waals surface area contributed by atoms with E-state index in [2.05, 4.69) is 15.3 Å². The Morgan fingerprint density at radius 2 is 2.07 bits per heavy atom. The maximum atomic E-state index is 13.0. The Morgan fingerprint density at radius 3 is 2.71 bits per heavy atom. The van der Waals surface area contributed by atoms with E-state index < -0.39 is 11.9 Å². The largest absolute Gasteiger partial charge is 0.460 e. The molecule has 5 N–H and O–H groups in total. The number of carbonyl (C=O) groups is 1. The van der Waals surface area contributed by atoms with Crippen molar-refractivity contribution in [3.8, 4) is 0 Å². The average molecular weight is 404 g/mol. The number of hydrogen-bond acceptors (Lipinski definition) is 8. The smallest absolute Gasteiger partial charge is 0.337 e. The molecule has 148 valence electrons. The molecule has 1 atom stereocenters. The fraction of sp³-hybridized carbons (Fsp3) is 0.316. The van der Waals surface area contributed by atoms with E-state index >= 15 is 0 Å². The van der Waals surface area contributed by atoms with Crippen LogP contribution in [0.1, 0.15) is 30.9 Å². The number of rotatable bonds is 5. The van der Waals surface area contributed by atoms with Crippen LogP contribution in [0.2, 0.25) is 5.02 Å². The van der Waals surface area contributed by atoms with Gasteiger partial charge in [0.2, 0.25) is 5.95 Å². The molecule has 1 aliphatic heterocycles. The fourth-order valence-corrected chi connectivity index (χ4v) is 3.41. The Kier molecular flexibility index (Phi) is 5.71. The first kappa shape index (κ1) is 19.9. The van der Waals surface area contributed by atoms with Gasteiger partial charge in [-0.15, -0.1) is 0 Å². The zero-order chi connectivity index (χ0) is 20.4. The van der Waals surface area contributed by atoms with Crippen LogP contribution in [0.5, 0.6) is 0 Å². The number of fused-ring (bicyclic) bond motifs is 1. The van der Waals surface area contributed by atoms with E-state index in [-0.39, 0.29) is 24.5 Å². The number of nitrogens with one attached hydrogen (secondary N) is 1. The highest BCUT2D eigenvalue weighted by Gasteiger charge is 2.37. The number of ether oxygens (including phenoxy) is 2. The lowest BCUT2D eigenvalue weighted by Crippen LogP contribution is -2.30. The highest BCUT2D eigenvalue weighted by atomic mass is 35.5. The van der Waals surface area contributed by atoms with Gasteiger partial charge >= 0.3 is 5.97 Å². The Hall–Kier alpha value is -2.84. The van der Waals surface area contributed by atoms with Crippen LogP contribution in [-0.4, -0.2) is 35.8 Å². The van der Waals surface area contributed by atoms with Crippen molar-refractivity contribution in [1.82, 2.24) is 9.97 Å². The number of aromatic nitrogens is 2. The predicted molar refractivity (Wildman–Crippen MR) is 108 cm³/mol. The SMILES string of the molecule is COCC1=C(C(=O)OC(C)C)C(c2cccc(Cl)c2)c2c(N)nc(N)nc2N1. The third-order valence-electron chi connectivity index (χ3n) is 4.20. The van der Waals surface area contributed by atoms with Gasteiger partial charge in [0.05, 0.1) is 29.9 Å². The van der Waals surface area contributed by atoms with Crippen molar-refractivity contribution in [2.45, 2.75) is 25.9 Å². The quantitative estimate of drug-likeness (QED) is 0.650. The summed E-state index contributed by atoms with van der Waals surface area (Å²) < 4.78 is 10.8. The summed E-state index contributed by atoms with van der Waals surface area (Å²) in [4.78, 5) is 21.4. The van der Waals surface area contributed by atoms with E-state index in [1.54, 1.807) is 32.0 Å². The molecule has 0 amide bonds. The molecule has 0 saturated carbocycles. The third-order valence-corrected chi connectivity index (χ3v) is 4.43. The Morgan fingerprint density at radius 1 is 1.32 bits per heavy atom. The highest BCUT2D eigenvalue weighted by Crippen LogP contribution is 2.44. The Bertz CT molecular complexity index is 945. The first-order valence-electron chi connectivity index (χ1n) is 8.70. The molecule has 0 aliphatic carbocycles. The summed E-state index contributed by atoms with van der Waals surface area (Å²) >= 11 is 6.21. The molecule has 0 bridgehead atoms. The third kappa shape index (κ3) is 3.88. The standard InChI is InChI=1S/C19H22ClN5O3/c1-9(2)28-18(26)14-12(8-27-3)23-17-15(16(21)24-19(22)25-17)13(14)10-5-4-6-11(20)7-10/h4-7,9,13H,8H2,1-3H3,(H5,21,22,23,24,25). The second-order valence-corrected chi connectivity index (χ2v) is 7.06. The molecule has 1 aromatic carbocycles. The predicted octanol–water partition coefficient (Wildman–Crippen LogP) is 2.70. The number of methoxy groups -OCH3 is 1. The zero-order valence-electron chi connectivity index (χ0n) is 15.8. The second-order valence-electron chi connectivity index (χ2n) is 6.62. The second kappa shape index (κ2) is 8.04. The van der Waals surface area contributed by atoms with Crippen molar-refractivity contribution < 1.29 is 14.3 Å². The summed E-state index contributed by atoms with van der Waals surface area (Å²) in [7, 11) is 1.53. The van der Waals surface area contributed by atoms with Crippen LogP contribution < -0.4 is 16.8 Å². The molecule has 28 heavy (non-hydrogen) atoms. The number of nitrogens with two attached hydrogens (primary N) is 2. The lowest BCUT2D eigenvalue weighted by atomic mass is 9.81. The fourth-order valence-electron chi connectivity index (χ4n) is 3.21. The molecule has 1 aliphatic rings. The topological polar surface area (TPSA) is 125 Å². The van der Waals surface area contributed by atoms with Crippen LogP contribution in [0.3, 0.4) is 0 Å². The van der Waals surface area contributed by atoms with E-state index in [0.29, 0.717) is 27.7 Å². The van der Waals surface area contributed by atoms with Gasteiger partial charge in [-0.1, -0.05) is 23.7 Å². The molecule has 1 aromatic heterocycles. The number of anilines is 3. The molecule has 3 rings (SSSR count). The monoisotopic (exact) mass is 403 g/mol. The van der Waals surface area contributed by atoms with Crippen molar-refractivity contribution in [1.29, 1.82) is 0 Å². The number of hydrogen-bond donors (Lipinski definition) is 3. The molecule has 0 fully saturated rings. The van der Waals surface area contributed by atoms with Gasteiger partial charge in [0.1, 0.15) is 11.6 Å². The van der Waals surface area contributed by atoms with Gasteiger partial charge in [-0.25, -0.2) is 4.79 Å². The molecule has 0 spiro atoms. The van der Waals surface area contributed by atoms with Crippen molar-refractivity contribution in [2.75, 3.05) is 30.5 Å². The minimum atomic E-state index is -0.591. The van der Waals surface area contributed by atoms with Crippen LogP contribution in [0.25, 0.3) is 0 Å². The van der Waals surface area contributed by atoms with Gasteiger partial charge in [-0.05, 0) is 31.5 Å². The van der Waals surface area contributed by atoms with Gasteiger partial charge < -0.3 is 26.3 Å². The lowest BCUT2D eigenvalue weighted by molar-refractivity contribution is -0.143. The summed E-state index contributed by atoms with van der Waals surface area (Å²) in [5.74, 6) is -0.457. The maximum Gasteiger partial charge on any atom is 0.337 e. The Balaban J connectivity index is 2.28. The lowest BCUT2D eigenvalue weighted by Gasteiger charge is -2.31. The van der Waals surface area contributed by atoms with E-state index in [1.807, 2.05) is 6.07 Å². The number of esters is 1. The first-order chi connectivity index (χ1) is 13.3. The van der Waals surface area contributed by atoms with E-state index in [0.717, 1.165) is 5.56 Å².